The quantitative estimate of drug-likeness (QED) is 0.884. The van der Waals surface area contributed by atoms with E-state index in [2.05, 4.69) is 0 Å². The Kier molecular flexibility index (Phi) is 4.77. The van der Waals surface area contributed by atoms with Gasteiger partial charge in [-0.1, -0.05) is 42.5 Å². The Morgan fingerprint density at radius 2 is 1.89 bits per heavy atom. The number of nitrogens with zero attached hydrogens (tertiary/aromatic N) is 1. The molecule has 6 heteroatoms. The highest BCUT2D eigenvalue weighted by Gasteiger charge is 2.41. The number of benzene rings is 2. The van der Waals surface area contributed by atoms with Crippen molar-refractivity contribution in [1.82, 2.24) is 4.90 Å². The van der Waals surface area contributed by atoms with Crippen LogP contribution in [0.2, 0.25) is 0 Å². The Morgan fingerprint density at radius 1 is 1.11 bits per heavy atom. The van der Waals surface area contributed by atoms with Crippen LogP contribution in [0.3, 0.4) is 0 Å². The number of para-hydroxylation sites is 1. The van der Waals surface area contributed by atoms with Crippen LogP contribution < -0.4 is 9.47 Å². The summed E-state index contributed by atoms with van der Waals surface area (Å²) in [5.41, 5.74) is 2.23. The molecule has 0 spiro atoms. The van der Waals surface area contributed by atoms with Crippen LogP contribution in [-0.4, -0.2) is 48.7 Å². The van der Waals surface area contributed by atoms with Crippen molar-refractivity contribution < 1.29 is 24.2 Å². The monoisotopic (exact) mass is 379 g/mol. The number of hydrogen-bond donors (Lipinski definition) is 1. The second-order valence-electron chi connectivity index (χ2n) is 7.01. The highest BCUT2D eigenvalue weighted by molar-refractivity contribution is 6.00. The maximum atomic E-state index is 13.1. The highest BCUT2D eigenvalue weighted by Crippen LogP contribution is 2.37. The van der Waals surface area contributed by atoms with Gasteiger partial charge in [-0.05, 0) is 17.7 Å². The van der Waals surface area contributed by atoms with Crippen LogP contribution in [0.15, 0.2) is 54.1 Å². The van der Waals surface area contributed by atoms with Crippen molar-refractivity contribution >= 4 is 18.0 Å². The fraction of sp³-hybridized carbons (Fsp3) is 0.273. The molecule has 2 heterocycles. The summed E-state index contributed by atoms with van der Waals surface area (Å²) in [5.74, 6) is -0.666. The molecule has 2 atom stereocenters. The number of carbonyl (C=O) groups excluding carboxylic acids is 1. The average Bonchev–Trinajstić information content (AvgIpc) is 3.19. The summed E-state index contributed by atoms with van der Waals surface area (Å²) in [5, 5.41) is 9.65. The summed E-state index contributed by atoms with van der Waals surface area (Å²) in [6.07, 6.45) is 1.80. The number of fused-ring (bicyclic) bond motifs is 1. The van der Waals surface area contributed by atoms with Crippen LogP contribution in [-0.2, 0) is 9.59 Å². The normalized spacial score (nSPS) is 20.8. The summed E-state index contributed by atoms with van der Waals surface area (Å²) < 4.78 is 11.1. The minimum absolute atomic E-state index is 0.135. The zero-order valence-electron chi connectivity index (χ0n) is 15.5. The van der Waals surface area contributed by atoms with Crippen molar-refractivity contribution in [1.29, 1.82) is 0 Å². The molecule has 2 aromatic carbocycles. The number of carbonyl (C=O) groups is 2. The fourth-order valence-corrected chi connectivity index (χ4v) is 3.93. The molecule has 2 unspecified atom stereocenters. The first-order chi connectivity index (χ1) is 13.6. The van der Waals surface area contributed by atoms with E-state index >= 15 is 0 Å². The fourth-order valence-electron chi connectivity index (χ4n) is 3.93. The van der Waals surface area contributed by atoms with Gasteiger partial charge in [0.05, 0.1) is 18.6 Å². The minimum Gasteiger partial charge on any atom is -0.493 e. The van der Waals surface area contributed by atoms with Gasteiger partial charge < -0.3 is 19.5 Å². The van der Waals surface area contributed by atoms with Crippen LogP contribution in [0, 0.1) is 5.92 Å². The zero-order chi connectivity index (χ0) is 19.7. The smallest absolute Gasteiger partial charge is 0.308 e. The number of rotatable bonds is 4. The average molecular weight is 379 g/mol. The topological polar surface area (TPSA) is 76.1 Å². The SMILES string of the molecule is COc1cccc2c1OCC(C(=O)N1CC(C(=O)O)C(c3ccccc3)C1)=C2. The molecule has 0 aromatic heterocycles. The Balaban J connectivity index is 1.58. The predicted molar refractivity (Wildman–Crippen MR) is 103 cm³/mol. The third-order valence-corrected chi connectivity index (χ3v) is 5.36. The first-order valence-corrected chi connectivity index (χ1v) is 9.16. The molecule has 4 rings (SSSR count). The molecule has 0 aliphatic carbocycles. The molecular weight excluding hydrogens is 358 g/mol. The van der Waals surface area contributed by atoms with Crippen LogP contribution in [0.5, 0.6) is 11.5 Å². The number of ether oxygens (including phenoxy) is 2. The maximum Gasteiger partial charge on any atom is 0.308 e. The molecule has 2 aromatic rings. The van der Waals surface area contributed by atoms with Gasteiger partial charge in [-0.25, -0.2) is 0 Å². The van der Waals surface area contributed by atoms with E-state index in [1.807, 2.05) is 48.5 Å². The zero-order valence-corrected chi connectivity index (χ0v) is 15.5. The summed E-state index contributed by atoms with van der Waals surface area (Å²) in [6, 6.07) is 15.0. The number of aliphatic carboxylic acids is 1. The van der Waals surface area contributed by atoms with Crippen LogP contribution >= 0.6 is 0 Å². The Bertz CT molecular complexity index is 937. The van der Waals surface area contributed by atoms with Crippen LogP contribution in [0.25, 0.3) is 6.08 Å². The lowest BCUT2D eigenvalue weighted by atomic mass is 9.89. The number of amides is 1. The van der Waals surface area contributed by atoms with Crippen LogP contribution in [0.1, 0.15) is 17.0 Å². The van der Waals surface area contributed by atoms with Gasteiger partial charge in [0.15, 0.2) is 11.5 Å². The molecule has 1 amide bonds. The number of hydrogen-bond acceptors (Lipinski definition) is 4. The van der Waals surface area contributed by atoms with Crippen molar-refractivity contribution in [2.45, 2.75) is 5.92 Å². The molecular formula is C22H21NO5. The molecule has 144 valence electrons. The van der Waals surface area contributed by atoms with Crippen molar-refractivity contribution in [2.75, 3.05) is 26.8 Å². The predicted octanol–water partition coefficient (Wildman–Crippen LogP) is 2.80. The van der Waals surface area contributed by atoms with Gasteiger partial charge in [0.25, 0.3) is 5.91 Å². The summed E-state index contributed by atoms with van der Waals surface area (Å²) in [7, 11) is 1.57. The van der Waals surface area contributed by atoms with Gasteiger partial charge in [-0.3, -0.25) is 9.59 Å². The lowest BCUT2D eigenvalue weighted by Gasteiger charge is -2.23. The van der Waals surface area contributed by atoms with Gasteiger partial charge in [0, 0.05) is 24.6 Å². The van der Waals surface area contributed by atoms with E-state index in [0.717, 1.165) is 11.1 Å². The van der Waals surface area contributed by atoms with Crippen LogP contribution in [0.4, 0.5) is 0 Å². The van der Waals surface area contributed by atoms with E-state index in [1.54, 1.807) is 18.1 Å². The largest absolute Gasteiger partial charge is 0.493 e. The van der Waals surface area contributed by atoms with Gasteiger partial charge in [0.2, 0.25) is 0 Å². The first kappa shape index (κ1) is 18.1. The number of likely N-dealkylation sites (tertiary alicyclic amines) is 1. The van der Waals surface area contributed by atoms with E-state index in [0.29, 0.717) is 23.6 Å². The van der Waals surface area contributed by atoms with Crippen molar-refractivity contribution in [3.8, 4) is 11.5 Å². The van der Waals surface area contributed by atoms with Gasteiger partial charge in [-0.2, -0.15) is 0 Å². The van der Waals surface area contributed by atoms with Crippen molar-refractivity contribution in [3.05, 3.63) is 65.2 Å². The van der Waals surface area contributed by atoms with Crippen molar-refractivity contribution in [2.24, 2.45) is 5.92 Å². The molecule has 0 radical (unpaired) electrons. The van der Waals surface area contributed by atoms with Gasteiger partial charge in [-0.15, -0.1) is 0 Å². The molecule has 1 saturated heterocycles. The van der Waals surface area contributed by atoms with E-state index in [9.17, 15) is 14.7 Å². The minimum atomic E-state index is -0.881. The Labute approximate surface area is 163 Å². The molecule has 0 bridgehead atoms. The number of carboxylic acid groups (broad SMARTS) is 1. The molecule has 1 N–H and O–H groups in total. The summed E-state index contributed by atoms with van der Waals surface area (Å²) in [6.45, 7) is 0.703. The summed E-state index contributed by atoms with van der Waals surface area (Å²) in [4.78, 5) is 26.5. The van der Waals surface area contributed by atoms with Gasteiger partial charge >= 0.3 is 5.97 Å². The van der Waals surface area contributed by atoms with Gasteiger partial charge in [0.1, 0.15) is 6.61 Å². The summed E-state index contributed by atoms with van der Waals surface area (Å²) >= 11 is 0. The van der Waals surface area contributed by atoms with E-state index in [-0.39, 0.29) is 25.0 Å². The lowest BCUT2D eigenvalue weighted by Crippen LogP contribution is -2.33. The molecule has 2 aliphatic heterocycles. The molecule has 0 saturated carbocycles. The second-order valence-corrected chi connectivity index (χ2v) is 7.01. The Hall–Kier alpha value is -3.28. The van der Waals surface area contributed by atoms with E-state index < -0.39 is 11.9 Å². The number of carboxylic acids is 1. The highest BCUT2D eigenvalue weighted by atomic mass is 16.5. The second kappa shape index (κ2) is 7.38. The lowest BCUT2D eigenvalue weighted by molar-refractivity contribution is -0.141. The van der Waals surface area contributed by atoms with E-state index in [1.165, 1.54) is 0 Å². The number of methoxy groups -OCH3 is 1. The molecule has 1 fully saturated rings. The standard InChI is InChI=1S/C22H21NO5/c1-27-19-9-5-8-15-10-16(13-28-20(15)19)21(24)23-11-17(18(12-23)22(25)26)14-6-3-2-4-7-14/h2-10,17-18H,11-13H2,1H3,(H,25,26). The van der Waals surface area contributed by atoms with E-state index in [4.69, 9.17) is 9.47 Å². The molecule has 6 nitrogen and oxygen atoms in total. The third kappa shape index (κ3) is 3.22. The van der Waals surface area contributed by atoms with Crippen molar-refractivity contribution in [3.63, 3.8) is 0 Å². The Morgan fingerprint density at radius 3 is 2.61 bits per heavy atom. The third-order valence-electron chi connectivity index (χ3n) is 5.36. The maximum absolute atomic E-state index is 13.1. The first-order valence-electron chi connectivity index (χ1n) is 9.16. The molecule has 2 aliphatic rings. The molecule has 28 heavy (non-hydrogen) atoms.